The minimum absolute atomic E-state index is 0.124. The number of carbonyl (C=O) groups is 2. The Bertz CT molecular complexity index is 817. The van der Waals surface area contributed by atoms with Crippen LogP contribution in [0.1, 0.15) is 37.3 Å². The molecular weight excluding hydrogens is 343 g/mol. The third-order valence-corrected chi connectivity index (χ3v) is 4.96. The first kappa shape index (κ1) is 19.1. The van der Waals surface area contributed by atoms with Crippen LogP contribution in [0, 0.1) is 17.7 Å². The van der Waals surface area contributed by atoms with Gasteiger partial charge in [0, 0.05) is 12.2 Å². The molecule has 1 fully saturated rings. The van der Waals surface area contributed by atoms with E-state index in [2.05, 4.69) is 24.5 Å². The Kier molecular flexibility index (Phi) is 5.89. The van der Waals surface area contributed by atoms with Gasteiger partial charge in [0.25, 0.3) is 0 Å². The standard InChI is InChI=1S/C22H25FN2O2/c1-14(2)15-7-9-17(10-8-15)25-22(27)19-13-18(19)21(26)24-12-11-16-5-3-4-6-20(16)23/h3-10,14,18-19H,11-13H2,1-2H3,(H,24,26)(H,25,27). The molecule has 0 saturated heterocycles. The highest BCUT2D eigenvalue weighted by Gasteiger charge is 2.47. The fourth-order valence-corrected chi connectivity index (χ4v) is 3.11. The van der Waals surface area contributed by atoms with Gasteiger partial charge >= 0.3 is 0 Å². The summed E-state index contributed by atoms with van der Waals surface area (Å²) in [6.07, 6.45) is 0.992. The van der Waals surface area contributed by atoms with Gasteiger partial charge in [-0.1, -0.05) is 44.2 Å². The van der Waals surface area contributed by atoms with Crippen LogP contribution in [0.5, 0.6) is 0 Å². The second kappa shape index (κ2) is 8.33. The molecule has 5 heteroatoms. The molecule has 3 rings (SSSR count). The van der Waals surface area contributed by atoms with Crippen molar-refractivity contribution in [3.63, 3.8) is 0 Å². The van der Waals surface area contributed by atoms with Gasteiger partial charge in [-0.3, -0.25) is 9.59 Å². The second-order valence-electron chi connectivity index (χ2n) is 7.35. The summed E-state index contributed by atoms with van der Waals surface area (Å²) in [5.74, 6) is -0.665. The van der Waals surface area contributed by atoms with Gasteiger partial charge in [-0.15, -0.1) is 0 Å². The summed E-state index contributed by atoms with van der Waals surface area (Å²) in [6, 6.07) is 14.3. The van der Waals surface area contributed by atoms with E-state index in [0.29, 0.717) is 30.9 Å². The van der Waals surface area contributed by atoms with Gasteiger partial charge in [0.15, 0.2) is 0 Å². The zero-order valence-electron chi connectivity index (χ0n) is 15.7. The number of amides is 2. The summed E-state index contributed by atoms with van der Waals surface area (Å²) in [4.78, 5) is 24.5. The third-order valence-electron chi connectivity index (χ3n) is 4.96. The molecule has 2 N–H and O–H groups in total. The summed E-state index contributed by atoms with van der Waals surface area (Å²) >= 11 is 0. The van der Waals surface area contributed by atoms with E-state index in [1.165, 1.54) is 11.6 Å². The number of anilines is 1. The van der Waals surface area contributed by atoms with E-state index in [0.717, 1.165) is 5.69 Å². The Morgan fingerprint density at radius 2 is 1.70 bits per heavy atom. The van der Waals surface area contributed by atoms with Crippen LogP contribution in [0.4, 0.5) is 10.1 Å². The number of halogens is 1. The molecule has 1 aliphatic rings. The van der Waals surface area contributed by atoms with E-state index in [9.17, 15) is 14.0 Å². The number of benzene rings is 2. The monoisotopic (exact) mass is 368 g/mol. The van der Waals surface area contributed by atoms with E-state index in [1.807, 2.05) is 24.3 Å². The van der Waals surface area contributed by atoms with E-state index < -0.39 is 0 Å². The SMILES string of the molecule is CC(C)c1ccc(NC(=O)C2CC2C(=O)NCCc2ccccc2F)cc1. The molecule has 0 aromatic heterocycles. The van der Waals surface area contributed by atoms with Crippen LogP contribution in [0.25, 0.3) is 0 Å². The first-order chi connectivity index (χ1) is 13.0. The first-order valence-electron chi connectivity index (χ1n) is 9.37. The molecule has 142 valence electrons. The lowest BCUT2D eigenvalue weighted by Crippen LogP contribution is -2.29. The van der Waals surface area contributed by atoms with Gasteiger partial charge < -0.3 is 10.6 Å². The molecule has 2 atom stereocenters. The number of nitrogens with one attached hydrogen (secondary N) is 2. The first-order valence-corrected chi connectivity index (χ1v) is 9.37. The lowest BCUT2D eigenvalue weighted by molar-refractivity contribution is -0.125. The highest BCUT2D eigenvalue weighted by Crippen LogP contribution is 2.39. The predicted molar refractivity (Wildman–Crippen MR) is 104 cm³/mol. The number of hydrogen-bond donors (Lipinski definition) is 2. The molecule has 0 bridgehead atoms. The number of carbonyl (C=O) groups excluding carboxylic acids is 2. The summed E-state index contributed by atoms with van der Waals surface area (Å²) < 4.78 is 13.6. The normalized spacial score (nSPS) is 18.2. The molecule has 2 aromatic carbocycles. The third kappa shape index (κ3) is 4.94. The van der Waals surface area contributed by atoms with Crippen molar-refractivity contribution in [3.05, 3.63) is 65.5 Å². The average molecular weight is 368 g/mol. The Morgan fingerprint density at radius 3 is 2.37 bits per heavy atom. The molecule has 0 heterocycles. The smallest absolute Gasteiger partial charge is 0.228 e. The highest BCUT2D eigenvalue weighted by atomic mass is 19.1. The van der Waals surface area contributed by atoms with E-state index >= 15 is 0 Å². The van der Waals surface area contributed by atoms with Crippen LogP contribution in [0.3, 0.4) is 0 Å². The van der Waals surface area contributed by atoms with Crippen LogP contribution in [0.15, 0.2) is 48.5 Å². The van der Waals surface area contributed by atoms with E-state index in [4.69, 9.17) is 0 Å². The molecule has 1 aliphatic carbocycles. The van der Waals surface area contributed by atoms with Crippen LogP contribution < -0.4 is 10.6 Å². The van der Waals surface area contributed by atoms with Gasteiger partial charge in [-0.2, -0.15) is 0 Å². The van der Waals surface area contributed by atoms with Crippen LogP contribution in [-0.4, -0.2) is 18.4 Å². The molecule has 1 saturated carbocycles. The maximum Gasteiger partial charge on any atom is 0.228 e. The summed E-state index contributed by atoms with van der Waals surface area (Å²) in [7, 11) is 0. The minimum Gasteiger partial charge on any atom is -0.356 e. The molecule has 27 heavy (non-hydrogen) atoms. The Hall–Kier alpha value is -2.69. The van der Waals surface area contributed by atoms with Crippen molar-refractivity contribution in [2.45, 2.75) is 32.6 Å². The quantitative estimate of drug-likeness (QED) is 0.779. The molecule has 0 spiro atoms. The van der Waals surface area contributed by atoms with Gasteiger partial charge in [0.05, 0.1) is 11.8 Å². The molecule has 0 aliphatic heterocycles. The maximum absolute atomic E-state index is 13.6. The average Bonchev–Trinajstić information content (AvgIpc) is 3.45. The molecule has 4 nitrogen and oxygen atoms in total. The molecular formula is C22H25FN2O2. The van der Waals surface area contributed by atoms with Crippen molar-refractivity contribution >= 4 is 17.5 Å². The molecule has 0 radical (unpaired) electrons. The van der Waals surface area contributed by atoms with Crippen molar-refractivity contribution < 1.29 is 14.0 Å². The molecule has 2 amide bonds. The minimum atomic E-state index is -0.291. The Labute approximate surface area is 159 Å². The van der Waals surface area contributed by atoms with Crippen molar-refractivity contribution in [2.24, 2.45) is 11.8 Å². The predicted octanol–water partition coefficient (Wildman–Crippen LogP) is 3.88. The van der Waals surface area contributed by atoms with E-state index in [1.54, 1.807) is 18.2 Å². The van der Waals surface area contributed by atoms with Crippen molar-refractivity contribution in [3.8, 4) is 0 Å². The fourth-order valence-electron chi connectivity index (χ4n) is 3.11. The molecule has 2 unspecified atom stereocenters. The van der Waals surface area contributed by atoms with Crippen LogP contribution in [0.2, 0.25) is 0 Å². The van der Waals surface area contributed by atoms with Crippen molar-refractivity contribution in [1.82, 2.24) is 5.32 Å². The Balaban J connectivity index is 1.43. The number of rotatable bonds is 7. The van der Waals surface area contributed by atoms with E-state index in [-0.39, 0.29) is 29.5 Å². The second-order valence-corrected chi connectivity index (χ2v) is 7.35. The topological polar surface area (TPSA) is 58.2 Å². The zero-order valence-corrected chi connectivity index (χ0v) is 15.7. The number of hydrogen-bond acceptors (Lipinski definition) is 2. The molecule has 2 aromatic rings. The van der Waals surface area contributed by atoms with Crippen LogP contribution in [-0.2, 0) is 16.0 Å². The maximum atomic E-state index is 13.6. The van der Waals surface area contributed by atoms with Gasteiger partial charge in [-0.25, -0.2) is 4.39 Å². The van der Waals surface area contributed by atoms with Gasteiger partial charge in [0.1, 0.15) is 5.82 Å². The fraction of sp³-hybridized carbons (Fsp3) is 0.364. The highest BCUT2D eigenvalue weighted by molar-refractivity contribution is 5.99. The zero-order chi connectivity index (χ0) is 19.4. The van der Waals surface area contributed by atoms with Crippen molar-refractivity contribution in [2.75, 3.05) is 11.9 Å². The van der Waals surface area contributed by atoms with Crippen molar-refractivity contribution in [1.29, 1.82) is 0 Å². The lowest BCUT2D eigenvalue weighted by Gasteiger charge is -2.09. The lowest BCUT2D eigenvalue weighted by atomic mass is 10.0. The van der Waals surface area contributed by atoms with Gasteiger partial charge in [-0.05, 0) is 48.1 Å². The summed E-state index contributed by atoms with van der Waals surface area (Å²) in [6.45, 7) is 4.60. The summed E-state index contributed by atoms with van der Waals surface area (Å²) in [5.41, 5.74) is 2.54. The van der Waals surface area contributed by atoms with Gasteiger partial charge in [0.2, 0.25) is 11.8 Å². The van der Waals surface area contributed by atoms with Crippen LogP contribution >= 0.6 is 0 Å². The Morgan fingerprint density at radius 1 is 1.04 bits per heavy atom. The summed E-state index contributed by atoms with van der Waals surface area (Å²) in [5, 5.41) is 5.68. The largest absolute Gasteiger partial charge is 0.356 e.